The van der Waals surface area contributed by atoms with Crippen molar-refractivity contribution in [2.75, 3.05) is 32.7 Å². The zero-order valence-corrected chi connectivity index (χ0v) is 15.7. The molecule has 0 unspecified atom stereocenters. The van der Waals surface area contributed by atoms with Crippen LogP contribution in [-0.2, 0) is 19.3 Å². The molecule has 6 nitrogen and oxygen atoms in total. The summed E-state index contributed by atoms with van der Waals surface area (Å²) in [5.74, 6) is 0.809. The SMILES string of the molecule is CCNC(=NCc1ccon1)N1CCN(Cc2cccc(C(F)(F)F)c2)CC1. The van der Waals surface area contributed by atoms with Gasteiger partial charge in [-0.15, -0.1) is 0 Å². The van der Waals surface area contributed by atoms with Crippen LogP contribution < -0.4 is 5.32 Å². The lowest BCUT2D eigenvalue weighted by Crippen LogP contribution is -2.52. The molecule has 0 spiro atoms. The number of nitrogens with one attached hydrogen (secondary N) is 1. The highest BCUT2D eigenvalue weighted by atomic mass is 19.4. The number of benzene rings is 1. The normalized spacial score (nSPS) is 16.4. The van der Waals surface area contributed by atoms with Crippen molar-refractivity contribution in [2.24, 2.45) is 4.99 Å². The molecular weight excluding hydrogens is 371 g/mol. The maximum absolute atomic E-state index is 12.9. The van der Waals surface area contributed by atoms with Gasteiger partial charge in [0, 0.05) is 45.3 Å². The van der Waals surface area contributed by atoms with Crippen molar-refractivity contribution < 1.29 is 17.7 Å². The average Bonchev–Trinajstić information content (AvgIpc) is 3.19. The number of hydrogen-bond donors (Lipinski definition) is 1. The first-order chi connectivity index (χ1) is 13.5. The van der Waals surface area contributed by atoms with Crippen LogP contribution in [0.1, 0.15) is 23.7 Å². The van der Waals surface area contributed by atoms with Crippen LogP contribution in [-0.4, -0.2) is 53.6 Å². The van der Waals surface area contributed by atoms with Crippen LogP contribution in [0.4, 0.5) is 13.2 Å². The van der Waals surface area contributed by atoms with E-state index in [1.807, 2.05) is 6.92 Å². The molecule has 0 saturated carbocycles. The van der Waals surface area contributed by atoms with Crippen molar-refractivity contribution in [3.63, 3.8) is 0 Å². The number of halogens is 3. The summed E-state index contributed by atoms with van der Waals surface area (Å²) in [7, 11) is 0. The van der Waals surface area contributed by atoms with Gasteiger partial charge in [-0.1, -0.05) is 23.4 Å². The Bertz CT molecular complexity index is 768. The zero-order valence-electron chi connectivity index (χ0n) is 15.7. The molecular formula is C19H24F3N5O. The number of piperazine rings is 1. The zero-order chi connectivity index (χ0) is 20.0. The van der Waals surface area contributed by atoms with Gasteiger partial charge in [-0.2, -0.15) is 13.2 Å². The summed E-state index contributed by atoms with van der Waals surface area (Å²) in [6.07, 6.45) is -2.79. The maximum Gasteiger partial charge on any atom is 0.416 e. The van der Waals surface area contributed by atoms with Crippen molar-refractivity contribution in [3.05, 3.63) is 53.4 Å². The number of hydrogen-bond acceptors (Lipinski definition) is 4. The minimum Gasteiger partial charge on any atom is -0.364 e. The maximum atomic E-state index is 12.9. The molecule has 3 rings (SSSR count). The Hall–Kier alpha value is -2.55. The summed E-state index contributed by atoms with van der Waals surface area (Å²) in [6.45, 7) is 6.72. The lowest BCUT2D eigenvalue weighted by molar-refractivity contribution is -0.137. The van der Waals surface area contributed by atoms with Crippen molar-refractivity contribution in [1.29, 1.82) is 0 Å². The Morgan fingerprint density at radius 3 is 2.64 bits per heavy atom. The number of aliphatic imine (C=N–C) groups is 1. The van der Waals surface area contributed by atoms with Crippen molar-refractivity contribution >= 4 is 5.96 Å². The van der Waals surface area contributed by atoms with Gasteiger partial charge < -0.3 is 14.7 Å². The van der Waals surface area contributed by atoms with E-state index in [4.69, 9.17) is 4.52 Å². The third-order valence-corrected chi connectivity index (χ3v) is 4.55. The summed E-state index contributed by atoms with van der Waals surface area (Å²) < 4.78 is 43.5. The van der Waals surface area contributed by atoms with Crippen LogP contribution in [0, 0.1) is 0 Å². The second-order valence-corrected chi connectivity index (χ2v) is 6.62. The van der Waals surface area contributed by atoms with Crippen LogP contribution >= 0.6 is 0 Å². The van der Waals surface area contributed by atoms with E-state index < -0.39 is 11.7 Å². The lowest BCUT2D eigenvalue weighted by atomic mass is 10.1. The van der Waals surface area contributed by atoms with E-state index in [1.54, 1.807) is 12.1 Å². The van der Waals surface area contributed by atoms with Gasteiger partial charge in [0.05, 0.1) is 12.1 Å². The summed E-state index contributed by atoms with van der Waals surface area (Å²) in [6, 6.07) is 7.32. The molecule has 1 aliphatic rings. The molecule has 1 aromatic heterocycles. The van der Waals surface area contributed by atoms with Gasteiger partial charge in [0.2, 0.25) is 0 Å². The van der Waals surface area contributed by atoms with Gasteiger partial charge in [0.1, 0.15) is 12.0 Å². The Kier molecular flexibility index (Phi) is 6.56. The standard InChI is InChI=1S/C19H24F3N5O/c1-2-23-18(24-13-17-6-11-28-25-17)27-9-7-26(8-10-27)14-15-4-3-5-16(12-15)19(20,21)22/h3-6,11-12H,2,7-10,13-14H2,1H3,(H,23,24). The molecule has 0 aliphatic carbocycles. The number of nitrogens with zero attached hydrogens (tertiary/aromatic N) is 4. The number of rotatable bonds is 5. The smallest absolute Gasteiger partial charge is 0.364 e. The molecule has 0 atom stereocenters. The molecule has 28 heavy (non-hydrogen) atoms. The fraction of sp³-hybridized carbons (Fsp3) is 0.474. The number of alkyl halides is 3. The van der Waals surface area contributed by atoms with Crippen molar-refractivity contribution in [1.82, 2.24) is 20.3 Å². The highest BCUT2D eigenvalue weighted by molar-refractivity contribution is 5.80. The molecule has 152 valence electrons. The molecule has 2 heterocycles. The molecule has 9 heteroatoms. The van der Waals surface area contributed by atoms with Crippen LogP contribution in [0.5, 0.6) is 0 Å². The van der Waals surface area contributed by atoms with Gasteiger partial charge in [0.15, 0.2) is 5.96 Å². The minimum atomic E-state index is -4.31. The first-order valence-electron chi connectivity index (χ1n) is 9.26. The fourth-order valence-corrected chi connectivity index (χ4v) is 3.12. The second-order valence-electron chi connectivity index (χ2n) is 6.62. The Labute approximate surface area is 162 Å². The van der Waals surface area contributed by atoms with E-state index >= 15 is 0 Å². The molecule has 0 radical (unpaired) electrons. The van der Waals surface area contributed by atoms with E-state index in [0.29, 0.717) is 18.7 Å². The molecule has 1 saturated heterocycles. The molecule has 1 fully saturated rings. The molecule has 1 aliphatic heterocycles. The predicted molar refractivity (Wildman–Crippen MR) is 99.6 cm³/mol. The Morgan fingerprint density at radius 2 is 2.00 bits per heavy atom. The summed E-state index contributed by atoms with van der Waals surface area (Å²) >= 11 is 0. The molecule has 1 aromatic carbocycles. The highest BCUT2D eigenvalue weighted by Gasteiger charge is 2.30. The third-order valence-electron chi connectivity index (χ3n) is 4.55. The van der Waals surface area contributed by atoms with Crippen LogP contribution in [0.3, 0.4) is 0 Å². The second kappa shape index (κ2) is 9.09. The van der Waals surface area contributed by atoms with Crippen molar-refractivity contribution in [2.45, 2.75) is 26.2 Å². The molecule has 0 bridgehead atoms. The van der Waals surface area contributed by atoms with E-state index in [9.17, 15) is 13.2 Å². The van der Waals surface area contributed by atoms with E-state index in [0.717, 1.165) is 50.4 Å². The number of guanidine groups is 1. The monoisotopic (exact) mass is 395 g/mol. The van der Waals surface area contributed by atoms with Gasteiger partial charge >= 0.3 is 6.18 Å². The van der Waals surface area contributed by atoms with Crippen LogP contribution in [0.15, 0.2) is 46.1 Å². The first kappa shape index (κ1) is 20.2. The summed E-state index contributed by atoms with van der Waals surface area (Å²) in [4.78, 5) is 8.91. The molecule has 0 amide bonds. The summed E-state index contributed by atoms with van der Waals surface area (Å²) in [5.41, 5.74) is 0.839. The minimum absolute atomic E-state index is 0.434. The Balaban J connectivity index is 1.56. The third kappa shape index (κ3) is 5.48. The fourth-order valence-electron chi connectivity index (χ4n) is 3.12. The van der Waals surface area contributed by atoms with Gasteiger partial charge in [-0.05, 0) is 18.6 Å². The molecule has 1 N–H and O–H groups in total. The van der Waals surface area contributed by atoms with E-state index in [2.05, 4.69) is 25.3 Å². The highest BCUT2D eigenvalue weighted by Crippen LogP contribution is 2.29. The van der Waals surface area contributed by atoms with Gasteiger partial charge in [-0.25, -0.2) is 4.99 Å². The van der Waals surface area contributed by atoms with Crippen LogP contribution in [0.25, 0.3) is 0 Å². The van der Waals surface area contributed by atoms with Gasteiger partial charge in [-0.3, -0.25) is 4.90 Å². The lowest BCUT2D eigenvalue weighted by Gasteiger charge is -2.36. The summed E-state index contributed by atoms with van der Waals surface area (Å²) in [5, 5.41) is 7.14. The molecule has 2 aromatic rings. The Morgan fingerprint density at radius 1 is 1.21 bits per heavy atom. The predicted octanol–water partition coefficient (Wildman–Crippen LogP) is 2.98. The quantitative estimate of drug-likeness (QED) is 0.623. The van der Waals surface area contributed by atoms with Crippen LogP contribution in [0.2, 0.25) is 0 Å². The topological polar surface area (TPSA) is 56.9 Å². The van der Waals surface area contributed by atoms with Crippen molar-refractivity contribution in [3.8, 4) is 0 Å². The van der Waals surface area contributed by atoms with Gasteiger partial charge in [0.25, 0.3) is 0 Å². The first-order valence-corrected chi connectivity index (χ1v) is 9.26. The van der Waals surface area contributed by atoms with E-state index in [-0.39, 0.29) is 0 Å². The average molecular weight is 395 g/mol. The largest absolute Gasteiger partial charge is 0.416 e. The number of aromatic nitrogens is 1. The van der Waals surface area contributed by atoms with E-state index in [1.165, 1.54) is 18.4 Å².